The molecular weight excluding hydrogens is 308 g/mol. The second-order valence-corrected chi connectivity index (χ2v) is 5.11. The number of nitrogens with one attached hydrogen (secondary N) is 2. The first kappa shape index (κ1) is 15.7. The molecule has 0 radical (unpaired) electrons. The van der Waals surface area contributed by atoms with E-state index in [9.17, 15) is 4.79 Å². The molecule has 1 amide bonds. The third-order valence-corrected chi connectivity index (χ3v) is 3.79. The Morgan fingerprint density at radius 2 is 1.62 bits per heavy atom. The van der Waals surface area contributed by atoms with Crippen molar-refractivity contribution < 1.29 is 19.0 Å². The number of carbonyl (C=O) groups is 1. The van der Waals surface area contributed by atoms with Gasteiger partial charge in [0, 0.05) is 17.6 Å². The number of carbonyl (C=O) groups excluding carboxylic acids is 1. The molecule has 6 heteroatoms. The first-order valence-electron chi connectivity index (χ1n) is 7.35. The number of rotatable bonds is 5. The Balaban J connectivity index is 1.98. The number of fused-ring (bicyclic) bond motifs is 1. The Morgan fingerprint density at radius 3 is 2.33 bits per heavy atom. The SMILES string of the molecule is COc1ccccc1NC(=O)c1c[nH]c2cc(OC)c(OC)cc12. The van der Waals surface area contributed by atoms with Crippen LogP contribution in [0.25, 0.3) is 10.9 Å². The zero-order valence-corrected chi connectivity index (χ0v) is 13.7. The highest BCUT2D eigenvalue weighted by atomic mass is 16.5. The van der Waals surface area contributed by atoms with Crippen molar-refractivity contribution in [1.82, 2.24) is 4.98 Å². The predicted octanol–water partition coefficient (Wildman–Crippen LogP) is 3.45. The number of ether oxygens (including phenoxy) is 3. The van der Waals surface area contributed by atoms with Crippen molar-refractivity contribution in [2.45, 2.75) is 0 Å². The monoisotopic (exact) mass is 326 g/mol. The van der Waals surface area contributed by atoms with Gasteiger partial charge in [-0.15, -0.1) is 0 Å². The van der Waals surface area contributed by atoms with E-state index in [2.05, 4.69) is 10.3 Å². The van der Waals surface area contributed by atoms with E-state index in [-0.39, 0.29) is 5.91 Å². The highest BCUT2D eigenvalue weighted by Gasteiger charge is 2.16. The molecule has 3 aromatic rings. The molecule has 0 saturated carbocycles. The first-order valence-corrected chi connectivity index (χ1v) is 7.35. The molecule has 0 aliphatic carbocycles. The Hall–Kier alpha value is -3.15. The molecule has 2 aromatic carbocycles. The lowest BCUT2D eigenvalue weighted by molar-refractivity contribution is 0.102. The summed E-state index contributed by atoms with van der Waals surface area (Å²) in [7, 11) is 4.70. The normalized spacial score (nSPS) is 10.5. The number of hydrogen-bond donors (Lipinski definition) is 2. The van der Waals surface area contributed by atoms with Gasteiger partial charge in [-0.2, -0.15) is 0 Å². The van der Waals surface area contributed by atoms with Gasteiger partial charge < -0.3 is 24.5 Å². The molecule has 0 aliphatic rings. The van der Waals surface area contributed by atoms with Crippen LogP contribution in [-0.4, -0.2) is 32.2 Å². The van der Waals surface area contributed by atoms with E-state index in [1.165, 1.54) is 0 Å². The van der Waals surface area contributed by atoms with Crippen LogP contribution in [0.2, 0.25) is 0 Å². The van der Waals surface area contributed by atoms with Crippen molar-refractivity contribution in [2.24, 2.45) is 0 Å². The lowest BCUT2D eigenvalue weighted by Gasteiger charge is -2.10. The molecule has 2 N–H and O–H groups in total. The predicted molar refractivity (Wildman–Crippen MR) is 92.3 cm³/mol. The molecule has 1 aromatic heterocycles. The number of amides is 1. The summed E-state index contributed by atoms with van der Waals surface area (Å²) in [5.41, 5.74) is 1.91. The van der Waals surface area contributed by atoms with Crippen molar-refractivity contribution in [3.63, 3.8) is 0 Å². The molecule has 0 saturated heterocycles. The molecule has 0 unspecified atom stereocenters. The maximum Gasteiger partial charge on any atom is 0.257 e. The molecule has 1 heterocycles. The van der Waals surface area contributed by atoms with Crippen molar-refractivity contribution in [3.05, 3.63) is 48.2 Å². The van der Waals surface area contributed by atoms with Gasteiger partial charge in [0.25, 0.3) is 5.91 Å². The summed E-state index contributed by atoms with van der Waals surface area (Å²) >= 11 is 0. The van der Waals surface area contributed by atoms with E-state index in [0.717, 1.165) is 10.9 Å². The zero-order chi connectivity index (χ0) is 17.1. The van der Waals surface area contributed by atoms with Crippen LogP contribution in [0.4, 0.5) is 5.69 Å². The highest BCUT2D eigenvalue weighted by molar-refractivity contribution is 6.13. The van der Waals surface area contributed by atoms with Crippen LogP contribution >= 0.6 is 0 Å². The molecule has 3 rings (SSSR count). The fraction of sp³-hybridized carbons (Fsp3) is 0.167. The summed E-state index contributed by atoms with van der Waals surface area (Å²) < 4.78 is 15.8. The minimum Gasteiger partial charge on any atom is -0.495 e. The number of benzene rings is 2. The number of anilines is 1. The largest absolute Gasteiger partial charge is 0.495 e. The van der Waals surface area contributed by atoms with Gasteiger partial charge in [-0.3, -0.25) is 4.79 Å². The molecule has 0 bridgehead atoms. The smallest absolute Gasteiger partial charge is 0.257 e. The fourth-order valence-corrected chi connectivity index (χ4v) is 2.57. The van der Waals surface area contributed by atoms with Crippen LogP contribution in [0.15, 0.2) is 42.6 Å². The number of methoxy groups -OCH3 is 3. The van der Waals surface area contributed by atoms with Gasteiger partial charge >= 0.3 is 0 Å². The quantitative estimate of drug-likeness (QED) is 0.753. The van der Waals surface area contributed by atoms with E-state index in [1.807, 2.05) is 12.1 Å². The highest BCUT2D eigenvalue weighted by Crippen LogP contribution is 2.34. The molecule has 0 fully saturated rings. The minimum atomic E-state index is -0.238. The van der Waals surface area contributed by atoms with Gasteiger partial charge in [0.05, 0.1) is 38.1 Å². The van der Waals surface area contributed by atoms with Crippen LogP contribution in [0.3, 0.4) is 0 Å². The van der Waals surface area contributed by atoms with Crippen molar-refractivity contribution >= 4 is 22.5 Å². The second kappa shape index (κ2) is 6.54. The minimum absolute atomic E-state index is 0.238. The van der Waals surface area contributed by atoms with E-state index < -0.39 is 0 Å². The number of hydrogen-bond acceptors (Lipinski definition) is 4. The molecular formula is C18H18N2O4. The van der Waals surface area contributed by atoms with E-state index >= 15 is 0 Å². The second-order valence-electron chi connectivity index (χ2n) is 5.11. The average Bonchev–Trinajstić information content (AvgIpc) is 3.03. The third kappa shape index (κ3) is 2.74. The maximum atomic E-state index is 12.7. The lowest BCUT2D eigenvalue weighted by atomic mass is 10.1. The van der Waals surface area contributed by atoms with Crippen LogP contribution in [0, 0.1) is 0 Å². The molecule has 24 heavy (non-hydrogen) atoms. The van der Waals surface area contributed by atoms with Crippen LogP contribution in [0.5, 0.6) is 17.2 Å². The van der Waals surface area contributed by atoms with Gasteiger partial charge in [-0.1, -0.05) is 12.1 Å². The fourth-order valence-electron chi connectivity index (χ4n) is 2.57. The maximum absolute atomic E-state index is 12.7. The van der Waals surface area contributed by atoms with Crippen molar-refractivity contribution in [1.29, 1.82) is 0 Å². The summed E-state index contributed by atoms with van der Waals surface area (Å²) in [4.78, 5) is 15.7. The van der Waals surface area contributed by atoms with Gasteiger partial charge in [-0.25, -0.2) is 0 Å². The van der Waals surface area contributed by atoms with Gasteiger partial charge in [0.1, 0.15) is 5.75 Å². The van der Waals surface area contributed by atoms with E-state index in [0.29, 0.717) is 28.5 Å². The summed E-state index contributed by atoms with van der Waals surface area (Å²) in [6.07, 6.45) is 1.66. The molecule has 0 atom stereocenters. The lowest BCUT2D eigenvalue weighted by Crippen LogP contribution is -2.12. The van der Waals surface area contributed by atoms with Gasteiger partial charge in [0.15, 0.2) is 11.5 Å². The average molecular weight is 326 g/mol. The van der Waals surface area contributed by atoms with Crippen LogP contribution < -0.4 is 19.5 Å². The van der Waals surface area contributed by atoms with Gasteiger partial charge in [-0.05, 0) is 18.2 Å². The summed E-state index contributed by atoms with van der Waals surface area (Å²) in [6.45, 7) is 0. The molecule has 6 nitrogen and oxygen atoms in total. The number of aromatic amines is 1. The summed E-state index contributed by atoms with van der Waals surface area (Å²) in [5, 5.41) is 3.62. The zero-order valence-electron chi connectivity index (χ0n) is 13.7. The van der Waals surface area contributed by atoms with Gasteiger partial charge in [0.2, 0.25) is 0 Å². The topological polar surface area (TPSA) is 72.6 Å². The molecule has 0 aliphatic heterocycles. The van der Waals surface area contributed by atoms with Crippen LogP contribution in [0.1, 0.15) is 10.4 Å². The molecule has 124 valence electrons. The Labute approximate surface area is 139 Å². The third-order valence-electron chi connectivity index (χ3n) is 3.79. The summed E-state index contributed by atoms with van der Waals surface area (Å²) in [6, 6.07) is 10.8. The Morgan fingerprint density at radius 1 is 0.958 bits per heavy atom. The standard InChI is InChI=1S/C18H18N2O4/c1-22-15-7-5-4-6-13(15)20-18(21)12-10-19-14-9-17(24-3)16(23-2)8-11(12)14/h4-10,19H,1-3H3,(H,20,21). The number of para-hydroxylation sites is 2. The van der Waals surface area contributed by atoms with Crippen LogP contribution in [-0.2, 0) is 0 Å². The summed E-state index contributed by atoms with van der Waals surface area (Å²) in [5.74, 6) is 1.53. The Kier molecular flexibility index (Phi) is 4.29. The number of aromatic nitrogens is 1. The van der Waals surface area contributed by atoms with Crippen molar-refractivity contribution in [3.8, 4) is 17.2 Å². The number of H-pyrrole nitrogens is 1. The molecule has 0 spiro atoms. The Bertz CT molecular complexity index is 886. The first-order chi connectivity index (χ1) is 11.7. The van der Waals surface area contributed by atoms with E-state index in [1.54, 1.807) is 51.8 Å². The van der Waals surface area contributed by atoms with E-state index in [4.69, 9.17) is 14.2 Å². The van der Waals surface area contributed by atoms with Crippen molar-refractivity contribution in [2.75, 3.05) is 26.6 Å².